The molecule has 7 heteroatoms. The summed E-state index contributed by atoms with van der Waals surface area (Å²) in [5.74, 6) is -1.50. The summed E-state index contributed by atoms with van der Waals surface area (Å²) in [7, 11) is 0. The van der Waals surface area contributed by atoms with Crippen molar-refractivity contribution in [2.75, 3.05) is 6.54 Å². The molecular weight excluding hydrogens is 248 g/mol. The maximum absolute atomic E-state index is 11.8. The summed E-state index contributed by atoms with van der Waals surface area (Å²) in [6.45, 7) is 0.959. The number of carboxylic acid groups (broad SMARTS) is 1. The van der Waals surface area contributed by atoms with Crippen molar-refractivity contribution in [3.63, 3.8) is 0 Å². The number of carbonyl (C=O) groups excluding carboxylic acids is 1. The molecule has 2 aromatic heterocycles. The monoisotopic (exact) mass is 260 g/mol. The number of hydrogen-bond acceptors (Lipinski definition) is 4. The van der Waals surface area contributed by atoms with Gasteiger partial charge in [0.25, 0.3) is 5.91 Å². The molecule has 2 heterocycles. The van der Waals surface area contributed by atoms with Crippen LogP contribution in [0.15, 0.2) is 36.8 Å². The van der Waals surface area contributed by atoms with Crippen molar-refractivity contribution >= 4 is 11.9 Å². The molecule has 0 spiro atoms. The van der Waals surface area contributed by atoms with Gasteiger partial charge in [0.15, 0.2) is 0 Å². The molecule has 0 fully saturated rings. The van der Waals surface area contributed by atoms with Crippen LogP contribution >= 0.6 is 0 Å². The van der Waals surface area contributed by atoms with Crippen LogP contribution < -0.4 is 5.32 Å². The number of amides is 1. The van der Waals surface area contributed by atoms with Gasteiger partial charge in [0.2, 0.25) is 0 Å². The smallest absolute Gasteiger partial charge is 0.354 e. The number of aromatic nitrogens is 3. The summed E-state index contributed by atoms with van der Waals surface area (Å²) in [6, 6.07) is 4.51. The van der Waals surface area contributed by atoms with Gasteiger partial charge in [-0.1, -0.05) is 0 Å². The lowest BCUT2D eigenvalue weighted by Crippen LogP contribution is -2.27. The molecule has 98 valence electrons. The molecule has 0 saturated heterocycles. The molecule has 2 N–H and O–H groups in total. The fourth-order valence-electron chi connectivity index (χ4n) is 1.51. The first-order valence-electron chi connectivity index (χ1n) is 5.62. The number of hydrogen-bond donors (Lipinski definition) is 2. The van der Waals surface area contributed by atoms with Crippen LogP contribution in [0.5, 0.6) is 0 Å². The van der Waals surface area contributed by atoms with Crippen molar-refractivity contribution < 1.29 is 14.7 Å². The van der Waals surface area contributed by atoms with Crippen molar-refractivity contribution in [2.45, 2.75) is 6.54 Å². The molecule has 1 amide bonds. The Balaban J connectivity index is 1.92. The molecule has 0 saturated carbocycles. The Bertz CT molecular complexity index is 580. The predicted octanol–water partition coefficient (Wildman–Crippen LogP) is 0.406. The predicted molar refractivity (Wildman–Crippen MR) is 65.8 cm³/mol. The minimum Gasteiger partial charge on any atom is -0.477 e. The van der Waals surface area contributed by atoms with Gasteiger partial charge in [-0.3, -0.25) is 9.48 Å². The molecular formula is C12H12N4O3. The van der Waals surface area contributed by atoms with Crippen LogP contribution in [0.1, 0.15) is 20.8 Å². The molecule has 0 aliphatic heterocycles. The highest BCUT2D eigenvalue weighted by Gasteiger charge is 2.10. The summed E-state index contributed by atoms with van der Waals surface area (Å²) < 4.78 is 1.69. The number of carbonyl (C=O) groups is 2. The highest BCUT2D eigenvalue weighted by Crippen LogP contribution is 2.01. The standard InChI is InChI=1S/C12H12N4O3/c17-11(14-5-7-16-6-1-3-15-16)9-2-4-13-10(8-9)12(18)19/h1-4,6,8H,5,7H2,(H,14,17)(H,18,19). The summed E-state index contributed by atoms with van der Waals surface area (Å²) in [5, 5.41) is 15.5. The van der Waals surface area contributed by atoms with Gasteiger partial charge in [0, 0.05) is 30.7 Å². The Morgan fingerprint density at radius 1 is 1.37 bits per heavy atom. The van der Waals surface area contributed by atoms with E-state index in [9.17, 15) is 9.59 Å². The fraction of sp³-hybridized carbons (Fsp3) is 0.167. The zero-order chi connectivity index (χ0) is 13.7. The first-order chi connectivity index (χ1) is 9.16. The Morgan fingerprint density at radius 2 is 2.21 bits per heavy atom. The second-order valence-electron chi connectivity index (χ2n) is 3.76. The van der Waals surface area contributed by atoms with E-state index in [-0.39, 0.29) is 17.2 Å². The lowest BCUT2D eigenvalue weighted by atomic mass is 10.2. The molecule has 0 aliphatic carbocycles. The second kappa shape index (κ2) is 5.76. The molecule has 0 aliphatic rings. The van der Waals surface area contributed by atoms with E-state index in [1.165, 1.54) is 18.3 Å². The van der Waals surface area contributed by atoms with E-state index in [1.54, 1.807) is 23.1 Å². The van der Waals surface area contributed by atoms with Crippen LogP contribution in [-0.2, 0) is 6.54 Å². The van der Waals surface area contributed by atoms with Crippen molar-refractivity contribution in [2.24, 2.45) is 0 Å². The van der Waals surface area contributed by atoms with Gasteiger partial charge in [-0.05, 0) is 18.2 Å². The second-order valence-corrected chi connectivity index (χ2v) is 3.76. The van der Waals surface area contributed by atoms with Crippen LogP contribution in [0, 0.1) is 0 Å². The van der Waals surface area contributed by atoms with Crippen LogP contribution in [-0.4, -0.2) is 38.3 Å². The molecule has 0 atom stereocenters. The van der Waals surface area contributed by atoms with E-state index in [1.807, 2.05) is 0 Å². The van der Waals surface area contributed by atoms with Crippen LogP contribution in [0.4, 0.5) is 0 Å². The molecule has 0 aromatic carbocycles. The van der Waals surface area contributed by atoms with Crippen LogP contribution in [0.25, 0.3) is 0 Å². The largest absolute Gasteiger partial charge is 0.477 e. The highest BCUT2D eigenvalue weighted by molar-refractivity contribution is 5.96. The lowest BCUT2D eigenvalue weighted by Gasteiger charge is -2.05. The third-order valence-corrected chi connectivity index (χ3v) is 2.43. The van der Waals surface area contributed by atoms with E-state index in [0.717, 1.165) is 0 Å². The van der Waals surface area contributed by atoms with E-state index in [4.69, 9.17) is 5.11 Å². The maximum Gasteiger partial charge on any atom is 0.354 e. The first-order valence-corrected chi connectivity index (χ1v) is 5.62. The van der Waals surface area contributed by atoms with E-state index in [0.29, 0.717) is 13.1 Å². The van der Waals surface area contributed by atoms with Gasteiger partial charge in [-0.15, -0.1) is 0 Å². The van der Waals surface area contributed by atoms with E-state index < -0.39 is 5.97 Å². The quantitative estimate of drug-likeness (QED) is 0.811. The topological polar surface area (TPSA) is 97.1 Å². The number of carboxylic acids is 1. The zero-order valence-electron chi connectivity index (χ0n) is 9.98. The molecule has 0 radical (unpaired) electrons. The minimum atomic E-state index is -1.16. The normalized spacial score (nSPS) is 10.1. The summed E-state index contributed by atoms with van der Waals surface area (Å²) in [5.41, 5.74) is 0.118. The third kappa shape index (κ3) is 3.38. The number of aromatic carboxylic acids is 1. The van der Waals surface area contributed by atoms with Gasteiger partial charge in [0.1, 0.15) is 5.69 Å². The molecule has 2 rings (SSSR count). The van der Waals surface area contributed by atoms with Gasteiger partial charge in [-0.25, -0.2) is 9.78 Å². The Hall–Kier alpha value is -2.70. The maximum atomic E-state index is 11.8. The van der Waals surface area contributed by atoms with Gasteiger partial charge in [0.05, 0.1) is 6.54 Å². The van der Waals surface area contributed by atoms with Crippen molar-refractivity contribution in [3.05, 3.63) is 48.0 Å². The Morgan fingerprint density at radius 3 is 2.89 bits per heavy atom. The van der Waals surface area contributed by atoms with E-state index in [2.05, 4.69) is 15.4 Å². The number of rotatable bonds is 5. The highest BCUT2D eigenvalue weighted by atomic mass is 16.4. The molecule has 0 bridgehead atoms. The van der Waals surface area contributed by atoms with Gasteiger partial charge in [-0.2, -0.15) is 5.10 Å². The SMILES string of the molecule is O=C(NCCn1cccn1)c1ccnc(C(=O)O)c1. The number of pyridine rings is 1. The molecule has 19 heavy (non-hydrogen) atoms. The molecule has 2 aromatic rings. The average molecular weight is 260 g/mol. The summed E-state index contributed by atoms with van der Waals surface area (Å²) >= 11 is 0. The zero-order valence-corrected chi connectivity index (χ0v) is 9.98. The van der Waals surface area contributed by atoms with Crippen LogP contribution in [0.3, 0.4) is 0 Å². The van der Waals surface area contributed by atoms with Gasteiger partial charge >= 0.3 is 5.97 Å². The molecule has 7 nitrogen and oxygen atoms in total. The fourth-order valence-corrected chi connectivity index (χ4v) is 1.51. The van der Waals surface area contributed by atoms with Crippen molar-refractivity contribution in [1.29, 1.82) is 0 Å². The van der Waals surface area contributed by atoms with Crippen molar-refractivity contribution in [3.8, 4) is 0 Å². The number of nitrogens with zero attached hydrogens (tertiary/aromatic N) is 3. The Labute approximate surface area is 108 Å². The summed E-state index contributed by atoms with van der Waals surface area (Å²) in [4.78, 5) is 26.2. The van der Waals surface area contributed by atoms with E-state index >= 15 is 0 Å². The number of nitrogens with one attached hydrogen (secondary N) is 1. The first kappa shape index (κ1) is 12.7. The summed E-state index contributed by atoms with van der Waals surface area (Å²) in [6.07, 6.45) is 4.75. The lowest BCUT2D eigenvalue weighted by molar-refractivity contribution is 0.0690. The van der Waals surface area contributed by atoms with Crippen molar-refractivity contribution in [1.82, 2.24) is 20.1 Å². The minimum absolute atomic E-state index is 0.153. The Kier molecular flexibility index (Phi) is 3.87. The van der Waals surface area contributed by atoms with Gasteiger partial charge < -0.3 is 10.4 Å². The average Bonchev–Trinajstić information content (AvgIpc) is 2.92. The third-order valence-electron chi connectivity index (χ3n) is 2.43. The molecule has 0 unspecified atom stereocenters. The van der Waals surface area contributed by atoms with Crippen LogP contribution in [0.2, 0.25) is 0 Å².